The number of hydrogen-bond donors (Lipinski definition) is 2. The quantitative estimate of drug-likeness (QED) is 0.594. The van der Waals surface area contributed by atoms with Crippen LogP contribution in [0, 0.1) is 6.92 Å². The second-order valence-corrected chi connectivity index (χ2v) is 5.14. The Labute approximate surface area is 124 Å². The molecule has 2 aromatic carbocycles. The third-order valence-corrected chi connectivity index (χ3v) is 3.60. The van der Waals surface area contributed by atoms with Crippen molar-refractivity contribution in [3.63, 3.8) is 0 Å². The first-order valence-electron chi connectivity index (χ1n) is 6.82. The molecule has 0 atom stereocenters. The highest BCUT2D eigenvalue weighted by Crippen LogP contribution is 2.29. The lowest BCUT2D eigenvalue weighted by molar-refractivity contribution is 0.388. The lowest BCUT2D eigenvalue weighted by Crippen LogP contribution is -1.94. The van der Waals surface area contributed by atoms with E-state index in [-0.39, 0.29) is 0 Å². The van der Waals surface area contributed by atoms with E-state index in [1.54, 1.807) is 0 Å². The number of H-pyrrole nitrogens is 2. The monoisotopic (exact) mass is 292 g/mol. The molecule has 108 valence electrons. The van der Waals surface area contributed by atoms with Crippen molar-refractivity contribution in [2.75, 3.05) is 0 Å². The molecule has 4 aromatic rings. The van der Waals surface area contributed by atoms with Gasteiger partial charge in [-0.2, -0.15) is 5.10 Å². The molecule has 2 aromatic heterocycles. The van der Waals surface area contributed by atoms with Gasteiger partial charge in [-0.1, -0.05) is 35.0 Å². The third-order valence-electron chi connectivity index (χ3n) is 3.60. The molecule has 0 unspecified atom stereocenters. The first-order chi connectivity index (χ1) is 10.7. The van der Waals surface area contributed by atoms with E-state index in [2.05, 4.69) is 37.0 Å². The summed E-state index contributed by atoms with van der Waals surface area (Å²) < 4.78 is 4.56. The highest BCUT2D eigenvalue weighted by Gasteiger charge is 2.11. The predicted octanol–water partition coefficient (Wildman–Crippen LogP) is 2.88. The molecule has 0 spiro atoms. The van der Waals surface area contributed by atoms with Gasteiger partial charge in [-0.3, -0.25) is 14.6 Å². The molecule has 6 heteroatoms. The van der Waals surface area contributed by atoms with Gasteiger partial charge in [0.1, 0.15) is 0 Å². The Morgan fingerprint density at radius 3 is 2.55 bits per heavy atom. The van der Waals surface area contributed by atoms with Crippen molar-refractivity contribution >= 4 is 10.9 Å². The van der Waals surface area contributed by atoms with E-state index in [1.807, 2.05) is 37.3 Å². The topological polar surface area (TPSA) is 87.6 Å². The molecule has 2 heterocycles. The Morgan fingerprint density at radius 2 is 1.82 bits per heavy atom. The van der Waals surface area contributed by atoms with Gasteiger partial charge in [-0.15, -0.1) is 0 Å². The standard InChI is InChI=1S/C16H12N4O2/c1-9-2-4-10(5-3-9)14-12-8-11(6-7-13(12)18-19-14)15-17-16(21)22-20-15/h2-8H,1H3,(H,18,19)(H,17,20,21). The molecule has 4 rings (SSSR count). The van der Waals surface area contributed by atoms with Crippen molar-refractivity contribution in [3.8, 4) is 22.6 Å². The van der Waals surface area contributed by atoms with Gasteiger partial charge in [0.15, 0.2) is 5.82 Å². The van der Waals surface area contributed by atoms with Crippen LogP contribution in [-0.4, -0.2) is 20.3 Å². The summed E-state index contributed by atoms with van der Waals surface area (Å²) in [5, 5.41) is 12.1. The van der Waals surface area contributed by atoms with Crippen LogP contribution in [0.2, 0.25) is 0 Å². The smallest absolute Gasteiger partial charge is 0.296 e. The summed E-state index contributed by atoms with van der Waals surface area (Å²) in [6, 6.07) is 13.9. The van der Waals surface area contributed by atoms with E-state index in [0.717, 1.165) is 27.7 Å². The number of aromatic nitrogens is 4. The van der Waals surface area contributed by atoms with Crippen LogP contribution in [0.4, 0.5) is 0 Å². The number of nitrogens with zero attached hydrogens (tertiary/aromatic N) is 2. The molecular formula is C16H12N4O2. The van der Waals surface area contributed by atoms with Gasteiger partial charge in [0.2, 0.25) is 0 Å². The molecule has 0 bridgehead atoms. The number of nitrogens with one attached hydrogen (secondary N) is 2. The van der Waals surface area contributed by atoms with Crippen molar-refractivity contribution < 1.29 is 4.52 Å². The van der Waals surface area contributed by atoms with Crippen molar-refractivity contribution in [3.05, 3.63) is 58.6 Å². The largest absolute Gasteiger partial charge is 0.439 e. The number of aromatic amines is 2. The van der Waals surface area contributed by atoms with Crippen molar-refractivity contribution in [1.29, 1.82) is 0 Å². The molecule has 0 radical (unpaired) electrons. The van der Waals surface area contributed by atoms with Gasteiger partial charge in [-0.25, -0.2) is 4.79 Å². The first kappa shape index (κ1) is 12.6. The van der Waals surface area contributed by atoms with Crippen molar-refractivity contribution in [1.82, 2.24) is 20.3 Å². The Kier molecular flexibility index (Phi) is 2.69. The number of rotatable bonds is 2. The van der Waals surface area contributed by atoms with Gasteiger partial charge in [-0.05, 0) is 25.1 Å². The summed E-state index contributed by atoms with van der Waals surface area (Å²) in [7, 11) is 0. The van der Waals surface area contributed by atoms with Crippen molar-refractivity contribution in [2.24, 2.45) is 0 Å². The molecule has 0 fully saturated rings. The normalized spacial score (nSPS) is 11.1. The second-order valence-electron chi connectivity index (χ2n) is 5.14. The molecular weight excluding hydrogens is 280 g/mol. The minimum absolute atomic E-state index is 0.406. The van der Waals surface area contributed by atoms with Gasteiger partial charge in [0.05, 0.1) is 11.2 Å². The summed E-state index contributed by atoms with van der Waals surface area (Å²) in [6.07, 6.45) is 0. The fourth-order valence-electron chi connectivity index (χ4n) is 2.45. The molecule has 0 aliphatic heterocycles. The van der Waals surface area contributed by atoms with Crippen LogP contribution in [-0.2, 0) is 0 Å². The Morgan fingerprint density at radius 1 is 1.05 bits per heavy atom. The number of benzene rings is 2. The van der Waals surface area contributed by atoms with Crippen molar-refractivity contribution in [2.45, 2.75) is 6.92 Å². The van der Waals surface area contributed by atoms with E-state index in [9.17, 15) is 4.79 Å². The highest BCUT2D eigenvalue weighted by molar-refractivity contribution is 5.95. The van der Waals surface area contributed by atoms with E-state index >= 15 is 0 Å². The summed E-state index contributed by atoms with van der Waals surface area (Å²) in [5.41, 5.74) is 4.79. The zero-order valence-electron chi connectivity index (χ0n) is 11.8. The van der Waals surface area contributed by atoms with Gasteiger partial charge in [0, 0.05) is 16.5 Å². The molecule has 0 aliphatic rings. The van der Waals surface area contributed by atoms with Gasteiger partial charge in [0.25, 0.3) is 0 Å². The van der Waals surface area contributed by atoms with E-state index < -0.39 is 5.76 Å². The lowest BCUT2D eigenvalue weighted by atomic mass is 10.0. The van der Waals surface area contributed by atoms with E-state index in [1.165, 1.54) is 5.56 Å². The maximum Gasteiger partial charge on any atom is 0.439 e. The highest BCUT2D eigenvalue weighted by atomic mass is 16.5. The summed E-state index contributed by atoms with van der Waals surface area (Å²) >= 11 is 0. The van der Waals surface area contributed by atoms with Gasteiger partial charge >= 0.3 is 5.76 Å². The first-order valence-corrected chi connectivity index (χ1v) is 6.82. The maximum absolute atomic E-state index is 11.1. The number of aryl methyl sites for hydroxylation is 1. The number of fused-ring (bicyclic) bond motifs is 1. The van der Waals surface area contributed by atoms with Crippen LogP contribution in [0.1, 0.15) is 5.56 Å². The summed E-state index contributed by atoms with van der Waals surface area (Å²) in [4.78, 5) is 13.6. The van der Waals surface area contributed by atoms with E-state index in [4.69, 9.17) is 0 Å². The fourth-order valence-corrected chi connectivity index (χ4v) is 2.45. The molecule has 0 saturated heterocycles. The van der Waals surface area contributed by atoms with Crippen LogP contribution in [0.3, 0.4) is 0 Å². The molecule has 6 nitrogen and oxygen atoms in total. The van der Waals surface area contributed by atoms with E-state index in [0.29, 0.717) is 5.82 Å². The molecule has 2 N–H and O–H groups in total. The summed E-state index contributed by atoms with van der Waals surface area (Å²) in [5.74, 6) is -0.163. The molecule has 0 saturated carbocycles. The third kappa shape index (κ3) is 2.01. The number of hydrogen-bond acceptors (Lipinski definition) is 4. The maximum atomic E-state index is 11.1. The average Bonchev–Trinajstić information content (AvgIpc) is 3.14. The van der Waals surface area contributed by atoms with Crippen LogP contribution < -0.4 is 5.76 Å². The second kappa shape index (κ2) is 4.70. The minimum Gasteiger partial charge on any atom is -0.296 e. The summed E-state index contributed by atoms with van der Waals surface area (Å²) in [6.45, 7) is 2.05. The van der Waals surface area contributed by atoms with Crippen LogP contribution >= 0.6 is 0 Å². The minimum atomic E-state index is -0.568. The van der Waals surface area contributed by atoms with Gasteiger partial charge < -0.3 is 0 Å². The predicted molar refractivity (Wildman–Crippen MR) is 82.4 cm³/mol. The molecule has 0 amide bonds. The Balaban J connectivity index is 1.89. The molecule has 0 aliphatic carbocycles. The van der Waals surface area contributed by atoms with Crippen LogP contribution in [0.15, 0.2) is 51.8 Å². The molecule has 22 heavy (non-hydrogen) atoms. The average molecular weight is 292 g/mol. The Bertz CT molecular complexity index is 1010. The fraction of sp³-hybridized carbons (Fsp3) is 0.0625. The lowest BCUT2D eigenvalue weighted by Gasteiger charge is -2.00. The zero-order valence-corrected chi connectivity index (χ0v) is 11.8. The SMILES string of the molecule is Cc1ccc(-c2n[nH]c3ccc(-c4noc(=O)[nH]4)cc23)cc1. The van der Waals surface area contributed by atoms with Crippen LogP contribution in [0.25, 0.3) is 33.5 Å². The Hall–Kier alpha value is -3.15. The zero-order chi connectivity index (χ0) is 15.1. The van der Waals surface area contributed by atoms with Crippen LogP contribution in [0.5, 0.6) is 0 Å².